The second kappa shape index (κ2) is 11.2. The summed E-state index contributed by atoms with van der Waals surface area (Å²) >= 11 is 0. The molecule has 0 saturated carbocycles. The summed E-state index contributed by atoms with van der Waals surface area (Å²) in [4.78, 5) is 12.0. The molecule has 0 bridgehead atoms. The van der Waals surface area contributed by atoms with Gasteiger partial charge in [-0.2, -0.15) is 0 Å². The van der Waals surface area contributed by atoms with Crippen molar-refractivity contribution in [2.45, 2.75) is 0 Å². The standard InChI is InChI=1S/C25H26O7/c1-27-15-31-20-9-5-17(6-10-20)21-13-18(7-12-24(21)32-16-28-2)22-14-19(25(26)30-4)8-11-23(22)29-3/h5-14H,15-16H2,1-4H3. The molecule has 0 saturated heterocycles. The van der Waals surface area contributed by atoms with Gasteiger partial charge in [0.25, 0.3) is 0 Å². The molecule has 168 valence electrons. The van der Waals surface area contributed by atoms with Crippen LogP contribution in [0.15, 0.2) is 60.7 Å². The highest BCUT2D eigenvalue weighted by atomic mass is 16.7. The summed E-state index contributed by atoms with van der Waals surface area (Å²) in [5.74, 6) is 1.57. The van der Waals surface area contributed by atoms with Crippen molar-refractivity contribution in [1.29, 1.82) is 0 Å². The van der Waals surface area contributed by atoms with Gasteiger partial charge in [0, 0.05) is 25.3 Å². The topological polar surface area (TPSA) is 72.5 Å². The minimum atomic E-state index is -0.416. The van der Waals surface area contributed by atoms with Crippen LogP contribution in [0.5, 0.6) is 17.2 Å². The monoisotopic (exact) mass is 438 g/mol. The number of benzene rings is 3. The SMILES string of the molecule is COCOc1ccc(-c2cc(-c3cc(C(=O)OC)ccc3OC)ccc2OCOC)cc1. The van der Waals surface area contributed by atoms with Crippen molar-refractivity contribution in [3.05, 3.63) is 66.2 Å². The molecule has 0 atom stereocenters. The van der Waals surface area contributed by atoms with E-state index >= 15 is 0 Å². The maximum Gasteiger partial charge on any atom is 0.337 e. The fourth-order valence-electron chi connectivity index (χ4n) is 3.21. The third-order valence-electron chi connectivity index (χ3n) is 4.75. The van der Waals surface area contributed by atoms with Crippen LogP contribution in [0.4, 0.5) is 0 Å². The highest BCUT2D eigenvalue weighted by Gasteiger charge is 2.15. The van der Waals surface area contributed by atoms with Crippen LogP contribution in [0.2, 0.25) is 0 Å². The molecular weight excluding hydrogens is 412 g/mol. The van der Waals surface area contributed by atoms with E-state index in [4.69, 9.17) is 28.4 Å². The Morgan fingerprint density at radius 2 is 1.31 bits per heavy atom. The average Bonchev–Trinajstić information content (AvgIpc) is 2.85. The maximum absolute atomic E-state index is 12.0. The number of rotatable bonds is 10. The van der Waals surface area contributed by atoms with Gasteiger partial charge in [0.1, 0.15) is 17.2 Å². The Bertz CT molecular complexity index is 1040. The number of hydrogen-bond donors (Lipinski definition) is 0. The van der Waals surface area contributed by atoms with Gasteiger partial charge in [-0.3, -0.25) is 0 Å². The molecule has 3 rings (SSSR count). The van der Waals surface area contributed by atoms with E-state index in [1.54, 1.807) is 39.5 Å². The van der Waals surface area contributed by atoms with Gasteiger partial charge in [-0.05, 0) is 53.6 Å². The molecule has 7 heteroatoms. The molecule has 0 amide bonds. The lowest BCUT2D eigenvalue weighted by molar-refractivity contribution is 0.0509. The van der Waals surface area contributed by atoms with E-state index in [-0.39, 0.29) is 13.6 Å². The van der Waals surface area contributed by atoms with Gasteiger partial charge in [-0.25, -0.2) is 4.79 Å². The highest BCUT2D eigenvalue weighted by Crippen LogP contribution is 2.38. The number of carbonyl (C=O) groups is 1. The van der Waals surface area contributed by atoms with E-state index in [1.807, 2.05) is 42.5 Å². The number of carbonyl (C=O) groups excluding carboxylic acids is 1. The number of methoxy groups -OCH3 is 4. The molecule has 0 spiro atoms. The quantitative estimate of drug-likeness (QED) is 0.333. The van der Waals surface area contributed by atoms with Crippen LogP contribution in [0.1, 0.15) is 10.4 Å². The van der Waals surface area contributed by atoms with E-state index < -0.39 is 5.97 Å². The average molecular weight is 438 g/mol. The Labute approximate surface area is 187 Å². The first kappa shape index (κ1) is 23.1. The van der Waals surface area contributed by atoms with Crippen LogP contribution in [-0.2, 0) is 14.2 Å². The van der Waals surface area contributed by atoms with Crippen LogP contribution in [-0.4, -0.2) is 48.0 Å². The van der Waals surface area contributed by atoms with Crippen molar-refractivity contribution in [3.8, 4) is 39.5 Å². The van der Waals surface area contributed by atoms with Gasteiger partial charge < -0.3 is 28.4 Å². The van der Waals surface area contributed by atoms with Gasteiger partial charge in [-0.1, -0.05) is 18.2 Å². The minimum absolute atomic E-state index is 0.114. The summed E-state index contributed by atoms with van der Waals surface area (Å²) in [6.45, 7) is 0.288. The molecule has 0 heterocycles. The molecule has 0 aliphatic rings. The van der Waals surface area contributed by atoms with Crippen molar-refractivity contribution in [1.82, 2.24) is 0 Å². The normalized spacial score (nSPS) is 10.5. The molecule has 32 heavy (non-hydrogen) atoms. The van der Waals surface area contributed by atoms with E-state index in [1.165, 1.54) is 7.11 Å². The van der Waals surface area contributed by atoms with E-state index in [0.29, 0.717) is 22.8 Å². The zero-order valence-electron chi connectivity index (χ0n) is 18.5. The van der Waals surface area contributed by atoms with E-state index in [0.717, 1.165) is 22.3 Å². The smallest absolute Gasteiger partial charge is 0.337 e. The number of ether oxygens (including phenoxy) is 6. The molecule has 0 unspecified atom stereocenters. The van der Waals surface area contributed by atoms with Crippen molar-refractivity contribution < 1.29 is 33.2 Å². The Morgan fingerprint density at radius 3 is 1.97 bits per heavy atom. The molecule has 0 fully saturated rings. The third kappa shape index (κ3) is 5.38. The lowest BCUT2D eigenvalue weighted by Gasteiger charge is -2.15. The molecule has 0 aromatic heterocycles. The summed E-state index contributed by atoms with van der Waals surface area (Å²) in [7, 11) is 6.08. The summed E-state index contributed by atoms with van der Waals surface area (Å²) in [5, 5.41) is 0. The lowest BCUT2D eigenvalue weighted by Crippen LogP contribution is -2.02. The molecule has 0 aliphatic heterocycles. The fourth-order valence-corrected chi connectivity index (χ4v) is 3.21. The maximum atomic E-state index is 12.0. The van der Waals surface area contributed by atoms with E-state index in [2.05, 4.69) is 0 Å². The van der Waals surface area contributed by atoms with E-state index in [9.17, 15) is 4.79 Å². The molecule has 0 N–H and O–H groups in total. The largest absolute Gasteiger partial charge is 0.496 e. The zero-order valence-corrected chi connectivity index (χ0v) is 18.5. The fraction of sp³-hybridized carbons (Fsp3) is 0.240. The van der Waals surface area contributed by atoms with Gasteiger partial charge >= 0.3 is 5.97 Å². The second-order valence-corrected chi connectivity index (χ2v) is 6.74. The Balaban J connectivity index is 2.07. The van der Waals surface area contributed by atoms with Crippen molar-refractivity contribution in [3.63, 3.8) is 0 Å². The summed E-state index contributed by atoms with van der Waals surface area (Å²) in [6, 6.07) is 18.5. The second-order valence-electron chi connectivity index (χ2n) is 6.74. The van der Waals surface area contributed by atoms with Gasteiger partial charge in [0.2, 0.25) is 0 Å². The molecular formula is C25H26O7. The molecule has 7 nitrogen and oxygen atoms in total. The van der Waals surface area contributed by atoms with Crippen LogP contribution in [0, 0.1) is 0 Å². The van der Waals surface area contributed by atoms with Crippen LogP contribution < -0.4 is 14.2 Å². The number of esters is 1. The first-order valence-corrected chi connectivity index (χ1v) is 9.86. The van der Waals surface area contributed by atoms with Crippen molar-refractivity contribution in [2.75, 3.05) is 42.0 Å². The van der Waals surface area contributed by atoms with Crippen molar-refractivity contribution >= 4 is 5.97 Å². The Morgan fingerprint density at radius 1 is 0.688 bits per heavy atom. The predicted molar refractivity (Wildman–Crippen MR) is 120 cm³/mol. The lowest BCUT2D eigenvalue weighted by atomic mass is 9.96. The Hall–Kier alpha value is -3.55. The highest BCUT2D eigenvalue weighted by molar-refractivity contribution is 5.92. The Kier molecular flexibility index (Phi) is 8.08. The zero-order chi connectivity index (χ0) is 22.9. The summed E-state index contributed by atoms with van der Waals surface area (Å²) < 4.78 is 31.7. The first-order chi connectivity index (χ1) is 15.6. The van der Waals surface area contributed by atoms with Gasteiger partial charge in [-0.15, -0.1) is 0 Å². The third-order valence-corrected chi connectivity index (χ3v) is 4.75. The first-order valence-electron chi connectivity index (χ1n) is 9.86. The summed E-state index contributed by atoms with van der Waals surface area (Å²) in [6.07, 6.45) is 0. The molecule has 0 aliphatic carbocycles. The molecule has 3 aromatic rings. The van der Waals surface area contributed by atoms with Crippen LogP contribution >= 0.6 is 0 Å². The van der Waals surface area contributed by atoms with Crippen LogP contribution in [0.25, 0.3) is 22.3 Å². The summed E-state index contributed by atoms with van der Waals surface area (Å²) in [5.41, 5.74) is 3.82. The molecule has 0 radical (unpaired) electrons. The number of hydrogen-bond acceptors (Lipinski definition) is 7. The van der Waals surface area contributed by atoms with Crippen molar-refractivity contribution in [2.24, 2.45) is 0 Å². The molecule has 3 aromatic carbocycles. The predicted octanol–water partition coefficient (Wildman–Crippen LogP) is 4.78. The minimum Gasteiger partial charge on any atom is -0.496 e. The van der Waals surface area contributed by atoms with Gasteiger partial charge in [0.05, 0.1) is 19.8 Å². The van der Waals surface area contributed by atoms with Crippen LogP contribution in [0.3, 0.4) is 0 Å². The van der Waals surface area contributed by atoms with Gasteiger partial charge in [0.15, 0.2) is 13.6 Å².